The van der Waals surface area contributed by atoms with E-state index >= 15 is 0 Å². The zero-order valence-corrected chi connectivity index (χ0v) is 11.8. The number of nitriles is 2. The lowest BCUT2D eigenvalue weighted by molar-refractivity contribution is -0.384. The predicted octanol–water partition coefficient (Wildman–Crippen LogP) is 1.41. The molecule has 0 atom stereocenters. The summed E-state index contributed by atoms with van der Waals surface area (Å²) in [6.07, 6.45) is -0.00468. The van der Waals surface area contributed by atoms with Gasteiger partial charge in [0, 0.05) is 38.1 Å². The molecule has 0 aliphatic rings. The molecule has 21 heavy (non-hydrogen) atoms. The third kappa shape index (κ3) is 4.24. The second kappa shape index (κ2) is 7.33. The van der Waals surface area contributed by atoms with Crippen LogP contribution in [0.3, 0.4) is 0 Å². The molecule has 0 fully saturated rings. The monoisotopic (exact) mass is 308 g/mol. The summed E-state index contributed by atoms with van der Waals surface area (Å²) < 4.78 is 25.8. The molecule has 1 rings (SSSR count). The van der Waals surface area contributed by atoms with E-state index in [0.29, 0.717) is 0 Å². The average Bonchev–Trinajstić information content (AvgIpc) is 2.47. The van der Waals surface area contributed by atoms with Crippen molar-refractivity contribution in [1.82, 2.24) is 4.31 Å². The van der Waals surface area contributed by atoms with Gasteiger partial charge in [-0.05, 0) is 12.1 Å². The van der Waals surface area contributed by atoms with Gasteiger partial charge in [-0.1, -0.05) is 0 Å². The smallest absolute Gasteiger partial charge is 0.258 e. The molecule has 0 heterocycles. The van der Waals surface area contributed by atoms with Crippen LogP contribution in [0, 0.1) is 32.8 Å². The summed E-state index contributed by atoms with van der Waals surface area (Å²) in [6, 6.07) is 8.16. The Bertz CT molecular complexity index is 667. The molecule has 9 heteroatoms. The van der Waals surface area contributed by atoms with Gasteiger partial charge in [0.25, 0.3) is 5.69 Å². The predicted molar refractivity (Wildman–Crippen MR) is 72.3 cm³/mol. The fourth-order valence-electron chi connectivity index (χ4n) is 1.59. The Kier molecular flexibility index (Phi) is 5.79. The summed E-state index contributed by atoms with van der Waals surface area (Å²) in [5, 5.41) is 27.7. The number of rotatable bonds is 7. The van der Waals surface area contributed by atoms with Crippen molar-refractivity contribution in [1.29, 1.82) is 10.5 Å². The Balaban J connectivity index is 3.07. The van der Waals surface area contributed by atoms with Crippen molar-refractivity contribution in [2.45, 2.75) is 17.7 Å². The SMILES string of the molecule is N#CCCN(CCC#N)S(=O)(=O)c1ccc([N+](=O)[O-])cc1. The molecule has 0 aromatic heterocycles. The topological polar surface area (TPSA) is 128 Å². The molecule has 0 radical (unpaired) electrons. The van der Waals surface area contributed by atoms with Gasteiger partial charge in [-0.3, -0.25) is 10.1 Å². The largest absolute Gasteiger partial charge is 0.269 e. The number of benzene rings is 1. The molecule has 1 aromatic carbocycles. The summed E-state index contributed by atoms with van der Waals surface area (Å²) in [5.74, 6) is 0. The maximum absolute atomic E-state index is 12.4. The molecule has 0 bridgehead atoms. The molecule has 0 saturated heterocycles. The van der Waals surface area contributed by atoms with Crippen LogP contribution in [-0.2, 0) is 10.0 Å². The average molecular weight is 308 g/mol. The number of hydrogen-bond acceptors (Lipinski definition) is 6. The van der Waals surface area contributed by atoms with Crippen LogP contribution in [-0.4, -0.2) is 30.7 Å². The van der Waals surface area contributed by atoms with Crippen molar-refractivity contribution in [2.75, 3.05) is 13.1 Å². The van der Waals surface area contributed by atoms with Gasteiger partial charge < -0.3 is 0 Å². The standard InChI is InChI=1S/C12H12N4O4S/c13-7-1-9-15(10-2-8-14)21(19,20)12-5-3-11(4-6-12)16(17)18/h3-6H,1-2,9-10H2. The van der Waals surface area contributed by atoms with Gasteiger partial charge in [0.05, 0.1) is 22.0 Å². The van der Waals surface area contributed by atoms with Gasteiger partial charge in [0.2, 0.25) is 10.0 Å². The lowest BCUT2D eigenvalue weighted by atomic mass is 10.3. The molecule has 1 aromatic rings. The van der Waals surface area contributed by atoms with Crippen LogP contribution < -0.4 is 0 Å². The molecule has 0 spiro atoms. The Morgan fingerprint density at radius 2 is 1.57 bits per heavy atom. The zero-order valence-electron chi connectivity index (χ0n) is 11.0. The fourth-order valence-corrected chi connectivity index (χ4v) is 3.03. The first kappa shape index (κ1) is 16.6. The van der Waals surface area contributed by atoms with E-state index < -0.39 is 14.9 Å². The Morgan fingerprint density at radius 1 is 1.10 bits per heavy atom. The van der Waals surface area contributed by atoms with Gasteiger partial charge in [0.1, 0.15) is 0 Å². The molecular weight excluding hydrogens is 296 g/mol. The van der Waals surface area contributed by atoms with Crippen LogP contribution >= 0.6 is 0 Å². The molecule has 8 nitrogen and oxygen atoms in total. The third-order valence-electron chi connectivity index (χ3n) is 2.63. The Hall–Kier alpha value is -2.49. The number of nitro groups is 1. The highest BCUT2D eigenvalue weighted by Gasteiger charge is 2.24. The van der Waals surface area contributed by atoms with Crippen molar-refractivity contribution in [3.05, 3.63) is 34.4 Å². The lowest BCUT2D eigenvalue weighted by Crippen LogP contribution is -2.32. The molecule has 0 unspecified atom stereocenters. The van der Waals surface area contributed by atoms with Crippen LogP contribution in [0.2, 0.25) is 0 Å². The molecule has 0 saturated carbocycles. The maximum atomic E-state index is 12.4. The number of nitrogens with zero attached hydrogens (tertiary/aromatic N) is 4. The van der Waals surface area contributed by atoms with Crippen LogP contribution in [0.15, 0.2) is 29.2 Å². The van der Waals surface area contributed by atoms with Crippen molar-refractivity contribution >= 4 is 15.7 Å². The maximum Gasteiger partial charge on any atom is 0.269 e. The Labute approximate surface area is 122 Å². The molecule has 0 aliphatic heterocycles. The normalized spacial score (nSPS) is 10.8. The van der Waals surface area contributed by atoms with Crippen LogP contribution in [0.1, 0.15) is 12.8 Å². The van der Waals surface area contributed by atoms with Crippen molar-refractivity contribution in [3.8, 4) is 12.1 Å². The minimum Gasteiger partial charge on any atom is -0.258 e. The van der Waals surface area contributed by atoms with Crippen LogP contribution in [0.25, 0.3) is 0 Å². The van der Waals surface area contributed by atoms with Crippen molar-refractivity contribution < 1.29 is 13.3 Å². The summed E-state index contributed by atoms with van der Waals surface area (Å²) >= 11 is 0. The molecular formula is C12H12N4O4S. The second-order valence-electron chi connectivity index (χ2n) is 3.97. The highest BCUT2D eigenvalue weighted by Crippen LogP contribution is 2.20. The van der Waals surface area contributed by atoms with E-state index in [9.17, 15) is 18.5 Å². The van der Waals surface area contributed by atoms with Gasteiger partial charge in [-0.2, -0.15) is 14.8 Å². The van der Waals surface area contributed by atoms with Gasteiger partial charge in [-0.25, -0.2) is 8.42 Å². The molecule has 0 N–H and O–H groups in total. The van der Waals surface area contributed by atoms with Crippen LogP contribution in [0.5, 0.6) is 0 Å². The third-order valence-corrected chi connectivity index (χ3v) is 4.54. The van der Waals surface area contributed by atoms with E-state index in [0.717, 1.165) is 28.6 Å². The van der Waals surface area contributed by atoms with E-state index in [4.69, 9.17) is 10.5 Å². The van der Waals surface area contributed by atoms with E-state index in [1.54, 1.807) is 0 Å². The lowest BCUT2D eigenvalue weighted by Gasteiger charge is -2.19. The van der Waals surface area contributed by atoms with E-state index in [1.165, 1.54) is 0 Å². The molecule has 0 aliphatic carbocycles. The van der Waals surface area contributed by atoms with Gasteiger partial charge in [-0.15, -0.1) is 0 Å². The fraction of sp³-hybridized carbons (Fsp3) is 0.333. The zero-order chi connectivity index (χ0) is 15.9. The number of nitro benzene ring substituents is 1. The molecule has 0 amide bonds. The summed E-state index contributed by atoms with van der Waals surface area (Å²) in [5.41, 5.74) is -0.213. The molecule has 110 valence electrons. The van der Waals surface area contributed by atoms with E-state index in [2.05, 4.69) is 0 Å². The van der Waals surface area contributed by atoms with Crippen LogP contribution in [0.4, 0.5) is 5.69 Å². The van der Waals surface area contributed by atoms with Crippen molar-refractivity contribution in [3.63, 3.8) is 0 Å². The number of sulfonamides is 1. The number of non-ortho nitro benzene ring substituents is 1. The van der Waals surface area contributed by atoms with E-state index in [1.807, 2.05) is 12.1 Å². The van der Waals surface area contributed by atoms with Crippen molar-refractivity contribution in [2.24, 2.45) is 0 Å². The first-order chi connectivity index (χ1) is 9.93. The minimum absolute atomic E-state index is 0.00234. The van der Waals surface area contributed by atoms with Gasteiger partial charge >= 0.3 is 0 Å². The summed E-state index contributed by atoms with van der Waals surface area (Å²) in [6.45, 7) is -0.0605. The number of hydrogen-bond donors (Lipinski definition) is 0. The second-order valence-corrected chi connectivity index (χ2v) is 5.91. The highest BCUT2D eigenvalue weighted by molar-refractivity contribution is 7.89. The quantitative estimate of drug-likeness (QED) is 0.553. The first-order valence-corrected chi connectivity index (χ1v) is 7.36. The van der Waals surface area contributed by atoms with Gasteiger partial charge in [0.15, 0.2) is 0 Å². The summed E-state index contributed by atoms with van der Waals surface area (Å²) in [7, 11) is -3.88. The Morgan fingerprint density at radius 3 is 1.95 bits per heavy atom. The minimum atomic E-state index is -3.88. The van der Waals surface area contributed by atoms with E-state index in [-0.39, 0.29) is 36.5 Å². The first-order valence-electron chi connectivity index (χ1n) is 5.92. The highest BCUT2D eigenvalue weighted by atomic mass is 32.2. The summed E-state index contributed by atoms with van der Waals surface area (Å²) in [4.78, 5) is 9.82.